The number of benzene rings is 2. The fourth-order valence-electron chi connectivity index (χ4n) is 8.41. The summed E-state index contributed by atoms with van der Waals surface area (Å²) in [7, 11) is -14.3. The molecule has 2 aliphatic heterocycles. The molecule has 0 aromatic heterocycles. The van der Waals surface area contributed by atoms with Crippen molar-refractivity contribution >= 4 is 59.5 Å². The van der Waals surface area contributed by atoms with E-state index in [1.165, 1.54) is 12.1 Å². The zero-order valence-electron chi connectivity index (χ0n) is 29.5. The summed E-state index contributed by atoms with van der Waals surface area (Å²) in [5, 5.41) is 35.1. The Morgan fingerprint density at radius 1 is 0.891 bits per heavy atom. The third kappa shape index (κ3) is 8.55. The number of hydrogen-bond acceptors (Lipinski definition) is 16. The predicted molar refractivity (Wildman–Crippen MR) is 194 cm³/mol. The summed E-state index contributed by atoms with van der Waals surface area (Å²) < 4.78 is 111. The largest absolute Gasteiger partial charge is 0.748 e. The Morgan fingerprint density at radius 2 is 1.58 bits per heavy atom. The Hall–Kier alpha value is -3.25. The quantitative estimate of drug-likeness (QED) is 0.0645. The molecule has 1 fully saturated rings. The van der Waals surface area contributed by atoms with E-state index in [-0.39, 0.29) is 13.1 Å². The smallest absolute Gasteiger partial charge is 0.209 e. The van der Waals surface area contributed by atoms with Gasteiger partial charge in [0, 0.05) is 45.4 Å². The SMILES string of the molecule is CC12CCC(/C=C/C=C/C=C3\CCC4(C)C3=[N+](CC(O)CS(=O)(=O)[O-])c3ccc(SOO[O-])cc34)=C1N(CC(O)CS(=O)(=O)[O-])c1ccc(S(=O)(=O)[O-])cc12. The topological polar surface area (TPSA) is 260 Å². The van der Waals surface area contributed by atoms with Crippen molar-refractivity contribution in [1.82, 2.24) is 0 Å². The molecular formula is C35H37N2O14S4-3. The molecule has 2 aromatic carbocycles. The Balaban J connectivity index is 1.32. The van der Waals surface area contributed by atoms with Crippen LogP contribution in [0.25, 0.3) is 0 Å². The Kier molecular flexibility index (Phi) is 11.5. The molecule has 2 aliphatic carbocycles. The summed E-state index contributed by atoms with van der Waals surface area (Å²) in [6.45, 7) is 3.44. The average molecular weight is 838 g/mol. The fraction of sp³-hybridized carbons (Fsp3) is 0.400. The molecule has 2 aromatic rings. The van der Waals surface area contributed by atoms with Crippen LogP contribution in [0.5, 0.6) is 0 Å². The van der Waals surface area contributed by atoms with Gasteiger partial charge in [0.05, 0.1) is 60.2 Å². The van der Waals surface area contributed by atoms with E-state index in [0.29, 0.717) is 53.2 Å². The number of nitrogens with zero attached hydrogens (tertiary/aromatic N) is 2. The Morgan fingerprint density at radius 3 is 2.25 bits per heavy atom. The van der Waals surface area contributed by atoms with Crippen LogP contribution in [0.2, 0.25) is 0 Å². The van der Waals surface area contributed by atoms with Gasteiger partial charge in [-0.25, -0.2) is 25.3 Å². The standard InChI is InChI=1S/C35H40N2O14S4/c1-34-14-12-22(32(34)36(18-24(38)20-53(41,42)43)30-10-8-26(16-28(30)34)52-51-50-40)6-4-3-5-7-23-13-15-35(2)29-17-27(55(47,48)49)9-11-31(29)37(33(23)35)19-25(39)21-54(44,45)46/h3-11,16-17,24-25,38-39H,12-15,18-21H2,1-2H3,(H3-,40,41,42,43,44,45,46,47,48,49)/p-3. The van der Waals surface area contributed by atoms with Gasteiger partial charge in [-0.1, -0.05) is 30.4 Å². The molecule has 298 valence electrons. The summed E-state index contributed by atoms with van der Waals surface area (Å²) in [4.78, 5) is 1.82. The number of aliphatic hydroxyl groups is 2. The maximum Gasteiger partial charge on any atom is 0.209 e. The van der Waals surface area contributed by atoms with E-state index in [1.54, 1.807) is 39.8 Å². The number of β-amino-alcohol motifs (C(OH)–C–C–N with tert-alkyl or cyclic N) is 2. The van der Waals surface area contributed by atoms with E-state index in [1.807, 2.05) is 32.1 Å². The first-order chi connectivity index (χ1) is 25.6. The first kappa shape index (κ1) is 41.4. The van der Waals surface area contributed by atoms with Gasteiger partial charge in [-0.3, -0.25) is 5.04 Å². The minimum Gasteiger partial charge on any atom is -0.748 e. The van der Waals surface area contributed by atoms with Crippen LogP contribution in [0.4, 0.5) is 11.4 Å². The van der Waals surface area contributed by atoms with Crippen molar-refractivity contribution in [3.05, 3.63) is 94.7 Å². The average Bonchev–Trinajstić information content (AvgIpc) is 3.73. The first-order valence-electron chi connectivity index (χ1n) is 17.0. The molecule has 0 saturated heterocycles. The summed E-state index contributed by atoms with van der Waals surface area (Å²) >= 11 is 0.723. The maximum atomic E-state index is 11.9. The lowest BCUT2D eigenvalue weighted by Crippen LogP contribution is -2.36. The fourth-order valence-corrected chi connectivity index (χ4v) is 10.5. The number of allylic oxidation sites excluding steroid dienone is 8. The second-order valence-corrected chi connectivity index (χ2v) is 19.4. The summed E-state index contributed by atoms with van der Waals surface area (Å²) in [5.41, 5.74) is 4.40. The molecule has 2 heterocycles. The molecule has 0 spiro atoms. The lowest BCUT2D eigenvalue weighted by Gasteiger charge is -2.28. The maximum absolute atomic E-state index is 11.9. The van der Waals surface area contributed by atoms with Gasteiger partial charge in [0.1, 0.15) is 16.2 Å². The molecule has 6 rings (SSSR count). The van der Waals surface area contributed by atoms with E-state index < -0.39 is 69.8 Å². The van der Waals surface area contributed by atoms with Crippen LogP contribution in [0, 0.1) is 0 Å². The molecule has 55 heavy (non-hydrogen) atoms. The second-order valence-electron chi connectivity index (χ2n) is 14.3. The molecule has 0 radical (unpaired) electrons. The predicted octanol–water partition coefficient (Wildman–Crippen LogP) is 1.65. The minimum absolute atomic E-state index is 0.167. The number of hydrogen-bond donors (Lipinski definition) is 2. The van der Waals surface area contributed by atoms with Gasteiger partial charge < -0.3 is 34.0 Å². The van der Waals surface area contributed by atoms with Crippen LogP contribution in [-0.4, -0.2) is 96.2 Å². The molecule has 4 unspecified atom stereocenters. The van der Waals surface area contributed by atoms with Crippen molar-refractivity contribution in [2.45, 2.75) is 72.4 Å². The summed E-state index contributed by atoms with van der Waals surface area (Å²) in [6, 6.07) is 9.15. The van der Waals surface area contributed by atoms with E-state index in [9.17, 15) is 54.4 Å². The van der Waals surface area contributed by atoms with Crippen LogP contribution in [0.3, 0.4) is 0 Å². The number of anilines is 1. The highest BCUT2D eigenvalue weighted by Crippen LogP contribution is 2.57. The van der Waals surface area contributed by atoms with Gasteiger partial charge in [0.25, 0.3) is 0 Å². The van der Waals surface area contributed by atoms with E-state index in [2.05, 4.69) is 9.37 Å². The molecular weight excluding hydrogens is 801 g/mol. The van der Waals surface area contributed by atoms with E-state index in [4.69, 9.17) is 0 Å². The first-order valence-corrected chi connectivity index (χ1v) is 22.3. The lowest BCUT2D eigenvalue weighted by molar-refractivity contribution is -0.777. The van der Waals surface area contributed by atoms with Crippen LogP contribution in [0.1, 0.15) is 50.7 Å². The van der Waals surface area contributed by atoms with Crippen molar-refractivity contribution in [1.29, 1.82) is 0 Å². The van der Waals surface area contributed by atoms with Crippen molar-refractivity contribution in [3.8, 4) is 0 Å². The number of rotatable bonds is 15. The highest BCUT2D eigenvalue weighted by molar-refractivity contribution is 7.94. The highest BCUT2D eigenvalue weighted by atomic mass is 32.2. The normalized spacial score (nSPS) is 24.4. The molecule has 1 saturated carbocycles. The van der Waals surface area contributed by atoms with Gasteiger partial charge in [-0.05, 0) is 81.0 Å². The van der Waals surface area contributed by atoms with Crippen LogP contribution >= 0.6 is 12.0 Å². The third-order valence-corrected chi connectivity index (χ3v) is 13.5. The Bertz CT molecular complexity index is 2390. The van der Waals surface area contributed by atoms with Crippen molar-refractivity contribution in [2.75, 3.05) is 29.5 Å². The minimum atomic E-state index is -4.79. The van der Waals surface area contributed by atoms with E-state index >= 15 is 0 Å². The molecule has 2 N–H and O–H groups in total. The van der Waals surface area contributed by atoms with Gasteiger partial charge in [0.2, 0.25) is 5.69 Å². The zero-order chi connectivity index (χ0) is 40.1. The molecule has 20 heteroatoms. The third-order valence-electron chi connectivity index (χ3n) is 10.5. The van der Waals surface area contributed by atoms with Gasteiger partial charge in [-0.15, -0.1) is 0 Å². The van der Waals surface area contributed by atoms with Gasteiger partial charge in [-0.2, -0.15) is 8.91 Å². The lowest BCUT2D eigenvalue weighted by atomic mass is 9.81. The van der Waals surface area contributed by atoms with Gasteiger partial charge >= 0.3 is 0 Å². The molecule has 4 aliphatic rings. The monoisotopic (exact) mass is 837 g/mol. The van der Waals surface area contributed by atoms with Crippen molar-refractivity contribution in [2.24, 2.45) is 0 Å². The highest BCUT2D eigenvalue weighted by Gasteiger charge is 2.54. The number of fused-ring (bicyclic) bond motifs is 6. The van der Waals surface area contributed by atoms with Crippen LogP contribution in [0.15, 0.2) is 93.4 Å². The van der Waals surface area contributed by atoms with E-state index in [0.717, 1.165) is 40.5 Å². The van der Waals surface area contributed by atoms with Crippen LogP contribution in [-0.2, 0) is 50.6 Å². The second kappa shape index (κ2) is 15.3. The molecule has 0 bridgehead atoms. The summed E-state index contributed by atoms with van der Waals surface area (Å²) in [6.07, 6.45) is 8.37. The zero-order valence-corrected chi connectivity index (χ0v) is 32.7. The van der Waals surface area contributed by atoms with Crippen LogP contribution < -0.4 is 10.2 Å². The van der Waals surface area contributed by atoms with Crippen molar-refractivity contribution < 1.29 is 68.3 Å². The Labute approximate surface area is 323 Å². The molecule has 16 nitrogen and oxygen atoms in total. The molecule has 4 atom stereocenters. The molecule has 0 amide bonds. The van der Waals surface area contributed by atoms with Gasteiger partial charge in [0.15, 0.2) is 12.3 Å². The number of aliphatic hydroxyl groups excluding tert-OH is 2. The van der Waals surface area contributed by atoms with Crippen molar-refractivity contribution in [3.63, 3.8) is 0 Å². The summed E-state index contributed by atoms with van der Waals surface area (Å²) in [5.74, 6) is -2.00.